The Kier molecular flexibility index (Phi) is 2.84. The van der Waals surface area contributed by atoms with Crippen LogP contribution in [0.4, 0.5) is 0 Å². The van der Waals surface area contributed by atoms with Crippen LogP contribution in [0, 0.1) is 0 Å². The topological polar surface area (TPSA) is 21.3 Å². The summed E-state index contributed by atoms with van der Waals surface area (Å²) in [6.07, 6.45) is 0. The monoisotopic (exact) mass is 231 g/mol. The molecule has 1 saturated heterocycles. The van der Waals surface area contributed by atoms with E-state index in [1.54, 1.807) is 11.3 Å². The molecule has 0 spiro atoms. The quantitative estimate of drug-likeness (QED) is 0.803. The maximum atomic E-state index is 5.90. The third-order valence-electron chi connectivity index (χ3n) is 2.25. The number of hydrogen-bond acceptors (Lipinski definition) is 3. The standard InChI is InChI=1S/C10H14ClNOS/c1-10(2)6-13-5-7(12-10)8-3-4-9(11)14-8/h3-4,7,12H,5-6H2,1-2H3. The molecule has 0 saturated carbocycles. The lowest BCUT2D eigenvalue weighted by atomic mass is 10.0. The fourth-order valence-electron chi connectivity index (χ4n) is 1.66. The van der Waals surface area contributed by atoms with Gasteiger partial charge in [-0.2, -0.15) is 0 Å². The van der Waals surface area contributed by atoms with Crippen LogP contribution in [0.2, 0.25) is 4.34 Å². The third kappa shape index (κ3) is 2.28. The van der Waals surface area contributed by atoms with E-state index in [4.69, 9.17) is 16.3 Å². The van der Waals surface area contributed by atoms with E-state index >= 15 is 0 Å². The lowest BCUT2D eigenvalue weighted by Crippen LogP contribution is -2.51. The first kappa shape index (κ1) is 10.4. The van der Waals surface area contributed by atoms with Crippen LogP contribution in [-0.4, -0.2) is 18.8 Å². The van der Waals surface area contributed by atoms with Crippen molar-refractivity contribution in [1.29, 1.82) is 0 Å². The first-order valence-corrected chi connectivity index (χ1v) is 5.87. The van der Waals surface area contributed by atoms with Gasteiger partial charge in [0.2, 0.25) is 0 Å². The van der Waals surface area contributed by atoms with Crippen molar-refractivity contribution in [2.75, 3.05) is 13.2 Å². The van der Waals surface area contributed by atoms with Gasteiger partial charge in [-0.05, 0) is 26.0 Å². The predicted molar refractivity (Wildman–Crippen MR) is 60.1 cm³/mol. The Balaban J connectivity index is 2.12. The number of ether oxygens (including phenoxy) is 1. The summed E-state index contributed by atoms with van der Waals surface area (Å²) < 4.78 is 6.40. The van der Waals surface area contributed by atoms with Crippen molar-refractivity contribution in [3.8, 4) is 0 Å². The molecule has 2 heterocycles. The van der Waals surface area contributed by atoms with Crippen molar-refractivity contribution in [2.24, 2.45) is 0 Å². The van der Waals surface area contributed by atoms with Crippen molar-refractivity contribution in [1.82, 2.24) is 5.32 Å². The zero-order valence-electron chi connectivity index (χ0n) is 8.34. The second-order valence-corrected chi connectivity index (χ2v) is 5.98. The predicted octanol–water partition coefficient (Wildman–Crippen LogP) is 2.84. The van der Waals surface area contributed by atoms with Gasteiger partial charge < -0.3 is 10.1 Å². The van der Waals surface area contributed by atoms with E-state index in [-0.39, 0.29) is 11.6 Å². The van der Waals surface area contributed by atoms with Gasteiger partial charge in [0.1, 0.15) is 0 Å². The molecular weight excluding hydrogens is 218 g/mol. The van der Waals surface area contributed by atoms with E-state index < -0.39 is 0 Å². The molecule has 0 aliphatic carbocycles. The Hall–Kier alpha value is -0.0900. The number of hydrogen-bond donors (Lipinski definition) is 1. The lowest BCUT2D eigenvalue weighted by molar-refractivity contribution is 0.0136. The van der Waals surface area contributed by atoms with Gasteiger partial charge in [-0.1, -0.05) is 11.6 Å². The molecular formula is C10H14ClNOS. The number of thiophene rings is 1. The molecule has 1 atom stereocenters. The molecule has 1 aliphatic rings. The van der Waals surface area contributed by atoms with Gasteiger partial charge in [-0.15, -0.1) is 11.3 Å². The van der Waals surface area contributed by atoms with Crippen molar-refractivity contribution in [3.63, 3.8) is 0 Å². The van der Waals surface area contributed by atoms with Gasteiger partial charge in [0, 0.05) is 10.4 Å². The van der Waals surface area contributed by atoms with E-state index in [1.165, 1.54) is 4.88 Å². The first-order chi connectivity index (χ1) is 6.57. The number of nitrogens with one attached hydrogen (secondary N) is 1. The molecule has 0 bridgehead atoms. The van der Waals surface area contributed by atoms with Crippen molar-refractivity contribution in [2.45, 2.75) is 25.4 Å². The van der Waals surface area contributed by atoms with Gasteiger partial charge >= 0.3 is 0 Å². The largest absolute Gasteiger partial charge is 0.378 e. The number of morpholine rings is 1. The molecule has 1 aromatic heterocycles. The highest BCUT2D eigenvalue weighted by Crippen LogP contribution is 2.30. The summed E-state index contributed by atoms with van der Waals surface area (Å²) in [5.41, 5.74) is 0.0549. The minimum absolute atomic E-state index is 0.0549. The maximum absolute atomic E-state index is 5.90. The highest BCUT2D eigenvalue weighted by molar-refractivity contribution is 7.16. The summed E-state index contributed by atoms with van der Waals surface area (Å²) in [6.45, 7) is 5.80. The average Bonchev–Trinajstić information content (AvgIpc) is 2.50. The Labute approximate surface area is 93.2 Å². The fourth-order valence-corrected chi connectivity index (χ4v) is 2.75. The second kappa shape index (κ2) is 3.81. The average molecular weight is 232 g/mol. The Morgan fingerprint density at radius 3 is 2.93 bits per heavy atom. The van der Waals surface area contributed by atoms with E-state index in [9.17, 15) is 0 Å². The number of rotatable bonds is 1. The fraction of sp³-hybridized carbons (Fsp3) is 0.600. The molecule has 1 fully saturated rings. The summed E-state index contributed by atoms with van der Waals surface area (Å²) in [5, 5.41) is 3.55. The van der Waals surface area contributed by atoms with Gasteiger partial charge in [-0.3, -0.25) is 0 Å². The minimum Gasteiger partial charge on any atom is -0.378 e. The summed E-state index contributed by atoms with van der Waals surface area (Å²) in [6, 6.07) is 4.29. The van der Waals surface area contributed by atoms with Gasteiger partial charge in [0.05, 0.1) is 23.6 Å². The van der Waals surface area contributed by atoms with Crippen LogP contribution < -0.4 is 5.32 Å². The van der Waals surface area contributed by atoms with Crippen molar-refractivity contribution in [3.05, 3.63) is 21.3 Å². The second-order valence-electron chi connectivity index (χ2n) is 4.24. The lowest BCUT2D eigenvalue weighted by Gasteiger charge is -2.36. The molecule has 78 valence electrons. The molecule has 1 N–H and O–H groups in total. The maximum Gasteiger partial charge on any atom is 0.0931 e. The van der Waals surface area contributed by atoms with Gasteiger partial charge in [-0.25, -0.2) is 0 Å². The van der Waals surface area contributed by atoms with Gasteiger partial charge in [0.25, 0.3) is 0 Å². The molecule has 2 rings (SSSR count). The molecule has 0 amide bonds. The molecule has 14 heavy (non-hydrogen) atoms. The van der Waals surface area contributed by atoms with Crippen molar-refractivity contribution >= 4 is 22.9 Å². The molecule has 1 aromatic rings. The van der Waals surface area contributed by atoms with Crippen LogP contribution in [0.1, 0.15) is 24.8 Å². The smallest absolute Gasteiger partial charge is 0.0931 e. The van der Waals surface area contributed by atoms with E-state index in [0.717, 1.165) is 17.6 Å². The summed E-state index contributed by atoms with van der Waals surface area (Å²) >= 11 is 7.52. The molecule has 0 radical (unpaired) electrons. The van der Waals surface area contributed by atoms with Gasteiger partial charge in [0.15, 0.2) is 0 Å². The third-order valence-corrected chi connectivity index (χ3v) is 3.59. The SMILES string of the molecule is CC1(C)COCC(c2ccc(Cl)s2)N1. The first-order valence-electron chi connectivity index (χ1n) is 4.67. The van der Waals surface area contributed by atoms with E-state index in [0.29, 0.717) is 0 Å². The van der Waals surface area contributed by atoms with Crippen LogP contribution in [0.15, 0.2) is 12.1 Å². The van der Waals surface area contributed by atoms with Crippen molar-refractivity contribution < 1.29 is 4.74 Å². The summed E-state index contributed by atoms with van der Waals surface area (Å²) in [4.78, 5) is 1.25. The Bertz CT molecular complexity index is 324. The minimum atomic E-state index is 0.0549. The highest BCUT2D eigenvalue weighted by Gasteiger charge is 2.29. The van der Waals surface area contributed by atoms with Crippen LogP contribution in [0.3, 0.4) is 0 Å². The van der Waals surface area contributed by atoms with Crippen LogP contribution in [-0.2, 0) is 4.74 Å². The van der Waals surface area contributed by atoms with E-state index in [1.807, 2.05) is 6.07 Å². The molecule has 1 unspecified atom stereocenters. The summed E-state index contributed by atoms with van der Waals surface area (Å²) in [5.74, 6) is 0. The normalized spacial score (nSPS) is 26.4. The molecule has 1 aliphatic heterocycles. The van der Waals surface area contributed by atoms with Crippen LogP contribution in [0.5, 0.6) is 0 Å². The molecule has 4 heteroatoms. The highest BCUT2D eigenvalue weighted by atomic mass is 35.5. The summed E-state index contributed by atoms with van der Waals surface area (Å²) in [7, 11) is 0. The number of halogens is 1. The molecule has 0 aromatic carbocycles. The van der Waals surface area contributed by atoms with Crippen LogP contribution in [0.25, 0.3) is 0 Å². The zero-order valence-corrected chi connectivity index (χ0v) is 9.91. The van der Waals surface area contributed by atoms with E-state index in [2.05, 4.69) is 25.2 Å². The molecule has 2 nitrogen and oxygen atoms in total. The Morgan fingerprint density at radius 1 is 1.57 bits per heavy atom. The zero-order chi connectivity index (χ0) is 10.2. The van der Waals surface area contributed by atoms with Crippen LogP contribution >= 0.6 is 22.9 Å². The Morgan fingerprint density at radius 2 is 2.36 bits per heavy atom.